The van der Waals surface area contributed by atoms with Crippen molar-refractivity contribution in [3.8, 4) is 0 Å². The maximum absolute atomic E-state index is 12.6. The van der Waals surface area contributed by atoms with Crippen LogP contribution in [-0.4, -0.2) is 28.8 Å². The van der Waals surface area contributed by atoms with Gasteiger partial charge in [-0.15, -0.1) is 0 Å². The molecule has 0 spiro atoms. The summed E-state index contributed by atoms with van der Waals surface area (Å²) in [6, 6.07) is 0. The molecule has 1 N–H and O–H groups in total. The van der Waals surface area contributed by atoms with Crippen LogP contribution in [0.25, 0.3) is 0 Å². The first kappa shape index (κ1) is 12.7. The number of alkyl halides is 3. The predicted molar refractivity (Wildman–Crippen MR) is 51.8 cm³/mol. The maximum atomic E-state index is 12.6. The van der Waals surface area contributed by atoms with E-state index in [9.17, 15) is 18.0 Å². The van der Waals surface area contributed by atoms with E-state index in [-0.39, 0.29) is 0 Å². The van der Waals surface area contributed by atoms with Crippen LogP contribution in [0.5, 0.6) is 0 Å². The molecule has 88 valence electrons. The Bertz CT molecular complexity index is 224. The first-order valence-electron chi connectivity index (χ1n) is 4.77. The van der Waals surface area contributed by atoms with Gasteiger partial charge in [-0.2, -0.15) is 24.9 Å². The number of aliphatic carboxylic acids is 1. The van der Waals surface area contributed by atoms with Crippen molar-refractivity contribution in [2.45, 2.75) is 25.4 Å². The van der Waals surface area contributed by atoms with Crippen molar-refractivity contribution in [1.29, 1.82) is 0 Å². The van der Waals surface area contributed by atoms with E-state index in [1.807, 2.05) is 0 Å². The van der Waals surface area contributed by atoms with Gasteiger partial charge in [0.25, 0.3) is 0 Å². The predicted octanol–water partition coefficient (Wildman–Crippen LogP) is 2.78. The Balaban J connectivity index is 2.66. The quantitative estimate of drug-likeness (QED) is 0.826. The molecule has 1 aliphatic heterocycles. The molecule has 6 heteroatoms. The molecule has 2 nitrogen and oxygen atoms in total. The highest BCUT2D eigenvalue weighted by molar-refractivity contribution is 7.99. The van der Waals surface area contributed by atoms with Gasteiger partial charge in [0.05, 0.1) is 12.3 Å². The highest BCUT2D eigenvalue weighted by atomic mass is 32.2. The van der Waals surface area contributed by atoms with E-state index in [4.69, 9.17) is 5.11 Å². The van der Waals surface area contributed by atoms with Crippen molar-refractivity contribution in [1.82, 2.24) is 0 Å². The lowest BCUT2D eigenvalue weighted by Crippen LogP contribution is -2.35. The SMILES string of the molecule is O=C(O)CC(C1CCCSC1)C(F)(F)F. The molecule has 0 bridgehead atoms. The summed E-state index contributed by atoms with van der Waals surface area (Å²) in [5, 5.41) is 8.47. The first-order valence-corrected chi connectivity index (χ1v) is 5.93. The third-order valence-electron chi connectivity index (χ3n) is 2.58. The van der Waals surface area contributed by atoms with Crippen molar-refractivity contribution in [3.05, 3.63) is 0 Å². The van der Waals surface area contributed by atoms with Crippen molar-refractivity contribution in [2.24, 2.45) is 11.8 Å². The number of hydrogen-bond acceptors (Lipinski definition) is 2. The minimum absolute atomic E-state index is 0.428. The summed E-state index contributed by atoms with van der Waals surface area (Å²) in [6.45, 7) is 0. The highest BCUT2D eigenvalue weighted by Gasteiger charge is 2.45. The second-order valence-electron chi connectivity index (χ2n) is 3.72. The van der Waals surface area contributed by atoms with Gasteiger partial charge in [-0.1, -0.05) is 0 Å². The number of carboxylic acids is 1. The van der Waals surface area contributed by atoms with Crippen LogP contribution in [0.1, 0.15) is 19.3 Å². The molecule has 2 unspecified atom stereocenters. The molecule has 2 atom stereocenters. The fraction of sp³-hybridized carbons (Fsp3) is 0.889. The van der Waals surface area contributed by atoms with E-state index in [0.717, 1.165) is 12.2 Å². The Morgan fingerprint density at radius 3 is 2.60 bits per heavy atom. The van der Waals surface area contributed by atoms with Gasteiger partial charge < -0.3 is 5.11 Å². The Morgan fingerprint density at radius 1 is 1.53 bits per heavy atom. The summed E-state index contributed by atoms with van der Waals surface area (Å²) >= 11 is 1.48. The van der Waals surface area contributed by atoms with Crippen molar-refractivity contribution >= 4 is 17.7 Å². The first-order chi connectivity index (χ1) is 6.91. The average Bonchev–Trinajstić information content (AvgIpc) is 2.14. The van der Waals surface area contributed by atoms with Gasteiger partial charge in [0.2, 0.25) is 0 Å². The topological polar surface area (TPSA) is 37.3 Å². The summed E-state index contributed by atoms with van der Waals surface area (Å²) in [4.78, 5) is 10.4. The smallest absolute Gasteiger partial charge is 0.392 e. The van der Waals surface area contributed by atoms with Gasteiger partial charge in [-0.25, -0.2) is 0 Å². The molecule has 1 heterocycles. The molecule has 1 saturated heterocycles. The summed E-state index contributed by atoms with van der Waals surface area (Å²) in [5.41, 5.74) is 0. The lowest BCUT2D eigenvalue weighted by molar-refractivity contribution is -0.194. The number of halogens is 3. The van der Waals surface area contributed by atoms with Crippen LogP contribution in [-0.2, 0) is 4.79 Å². The fourth-order valence-corrected chi connectivity index (χ4v) is 3.06. The van der Waals surface area contributed by atoms with E-state index in [1.165, 1.54) is 11.8 Å². The summed E-state index contributed by atoms with van der Waals surface area (Å²) in [5.74, 6) is -2.26. The Labute approximate surface area is 90.2 Å². The fourth-order valence-electron chi connectivity index (χ4n) is 1.82. The van der Waals surface area contributed by atoms with Crippen LogP contribution >= 0.6 is 11.8 Å². The molecule has 0 aromatic heterocycles. The average molecular weight is 242 g/mol. The summed E-state index contributed by atoms with van der Waals surface area (Å²) in [6.07, 6.45) is -3.94. The maximum Gasteiger partial charge on any atom is 0.392 e. The van der Waals surface area contributed by atoms with Gasteiger partial charge >= 0.3 is 12.1 Å². The van der Waals surface area contributed by atoms with E-state index in [0.29, 0.717) is 12.2 Å². The lowest BCUT2D eigenvalue weighted by atomic mass is 9.86. The van der Waals surface area contributed by atoms with E-state index >= 15 is 0 Å². The minimum atomic E-state index is -4.39. The van der Waals surface area contributed by atoms with Crippen molar-refractivity contribution in [3.63, 3.8) is 0 Å². The summed E-state index contributed by atoms with van der Waals surface area (Å²) in [7, 11) is 0. The van der Waals surface area contributed by atoms with Crippen LogP contribution < -0.4 is 0 Å². The van der Waals surface area contributed by atoms with E-state index < -0.39 is 30.4 Å². The molecule has 1 aliphatic rings. The zero-order valence-corrected chi connectivity index (χ0v) is 8.90. The Morgan fingerprint density at radius 2 is 2.20 bits per heavy atom. The summed E-state index contributed by atoms with van der Waals surface area (Å²) < 4.78 is 37.8. The lowest BCUT2D eigenvalue weighted by Gasteiger charge is -2.30. The monoisotopic (exact) mass is 242 g/mol. The second kappa shape index (κ2) is 5.09. The number of hydrogen-bond donors (Lipinski definition) is 1. The van der Waals surface area contributed by atoms with Gasteiger partial charge in [0, 0.05) is 0 Å². The van der Waals surface area contributed by atoms with Crippen LogP contribution in [0.15, 0.2) is 0 Å². The molecule has 0 amide bonds. The van der Waals surface area contributed by atoms with Gasteiger partial charge in [0.1, 0.15) is 0 Å². The van der Waals surface area contributed by atoms with Crippen LogP contribution in [0.3, 0.4) is 0 Å². The molecule has 0 aliphatic carbocycles. The number of carbonyl (C=O) groups is 1. The van der Waals surface area contributed by atoms with Crippen LogP contribution in [0, 0.1) is 11.8 Å². The van der Waals surface area contributed by atoms with Gasteiger partial charge in [-0.3, -0.25) is 4.79 Å². The zero-order chi connectivity index (χ0) is 11.5. The molecule has 0 aromatic carbocycles. The number of rotatable bonds is 3. The molecule has 0 aromatic rings. The molecular formula is C9H13F3O2S. The molecule has 0 saturated carbocycles. The standard InChI is InChI=1S/C9H13F3O2S/c10-9(11,12)7(4-8(13)14)6-2-1-3-15-5-6/h6-7H,1-5H2,(H,13,14). The Hall–Kier alpha value is -0.390. The molecular weight excluding hydrogens is 229 g/mol. The van der Waals surface area contributed by atoms with Crippen LogP contribution in [0.2, 0.25) is 0 Å². The second-order valence-corrected chi connectivity index (χ2v) is 4.87. The van der Waals surface area contributed by atoms with Crippen LogP contribution in [0.4, 0.5) is 13.2 Å². The van der Waals surface area contributed by atoms with Gasteiger partial charge in [-0.05, 0) is 30.3 Å². The number of thioether (sulfide) groups is 1. The minimum Gasteiger partial charge on any atom is -0.481 e. The third kappa shape index (κ3) is 3.93. The molecule has 1 fully saturated rings. The van der Waals surface area contributed by atoms with E-state index in [1.54, 1.807) is 0 Å². The highest BCUT2D eigenvalue weighted by Crippen LogP contribution is 2.40. The van der Waals surface area contributed by atoms with Gasteiger partial charge in [0.15, 0.2) is 0 Å². The molecule has 0 radical (unpaired) electrons. The zero-order valence-electron chi connectivity index (χ0n) is 8.09. The van der Waals surface area contributed by atoms with Crippen molar-refractivity contribution < 1.29 is 23.1 Å². The normalized spacial score (nSPS) is 24.9. The molecule has 1 rings (SSSR count). The largest absolute Gasteiger partial charge is 0.481 e. The number of carboxylic acid groups (broad SMARTS) is 1. The third-order valence-corrected chi connectivity index (χ3v) is 3.82. The molecule has 15 heavy (non-hydrogen) atoms. The Kier molecular flexibility index (Phi) is 4.31. The van der Waals surface area contributed by atoms with E-state index in [2.05, 4.69) is 0 Å². The van der Waals surface area contributed by atoms with Crippen molar-refractivity contribution in [2.75, 3.05) is 11.5 Å².